The van der Waals surface area contributed by atoms with E-state index in [2.05, 4.69) is 196 Å². The van der Waals surface area contributed by atoms with Crippen LogP contribution in [0.4, 0.5) is 5.13 Å². The van der Waals surface area contributed by atoms with E-state index in [9.17, 15) is 0 Å². The van der Waals surface area contributed by atoms with Crippen LogP contribution in [-0.2, 0) is 42.3 Å². The molecule has 9 nitrogen and oxygen atoms in total. The summed E-state index contributed by atoms with van der Waals surface area (Å²) in [5.74, 6) is 0. The summed E-state index contributed by atoms with van der Waals surface area (Å²) in [6.07, 6.45) is 2.09. The molecule has 0 N–H and O–H groups in total. The van der Waals surface area contributed by atoms with Crippen molar-refractivity contribution in [2.24, 2.45) is 42.3 Å². The van der Waals surface area contributed by atoms with E-state index in [-0.39, 0.29) is 22.3 Å². The summed E-state index contributed by atoms with van der Waals surface area (Å²) in [6, 6.07) is 25.5. The van der Waals surface area contributed by atoms with Gasteiger partial charge >= 0.3 is 0 Å². The number of fused-ring (bicyclic) bond motifs is 2. The number of hydrogen-bond acceptors (Lipinski definition) is 7. The third-order valence-electron chi connectivity index (χ3n) is 9.53. The molecular formula is C48H77N9S4+6. The van der Waals surface area contributed by atoms with Crippen molar-refractivity contribution in [2.75, 3.05) is 19.0 Å². The molecule has 0 bridgehead atoms. The number of para-hydroxylation sites is 2. The quantitative estimate of drug-likeness (QED) is 0.155. The number of nitrogens with zero attached hydrogens (tertiary/aromatic N) is 9. The molecule has 0 fully saturated rings. The van der Waals surface area contributed by atoms with Gasteiger partial charge in [0.25, 0.3) is 15.1 Å². The average molecular weight is 908 g/mol. The van der Waals surface area contributed by atoms with Gasteiger partial charge in [0.1, 0.15) is 32.7 Å². The van der Waals surface area contributed by atoms with Crippen molar-refractivity contribution in [1.82, 2.24) is 10.2 Å². The predicted molar refractivity (Wildman–Crippen MR) is 265 cm³/mol. The first-order valence-corrected chi connectivity index (χ1v) is 22.4. The highest BCUT2D eigenvalue weighted by Gasteiger charge is 2.12. The summed E-state index contributed by atoms with van der Waals surface area (Å²) in [4.78, 5) is 3.39. The smallest absolute Gasteiger partial charge is 0.263 e. The first-order valence-electron chi connectivity index (χ1n) is 19.1. The van der Waals surface area contributed by atoms with Gasteiger partial charge < -0.3 is 4.90 Å². The van der Waals surface area contributed by atoms with Gasteiger partial charge in [-0.05, 0) is 55.9 Å². The number of aromatic nitrogens is 8. The standard InChI is InChI=1S/2C11H12N.C6H12N3S.2C6H10NS.C5H9N2S.3CH4/c1-9-7-8-12(2)11-6-4-3-5-10(9)11;1-9-7-8-10-5-3-4-6-11(10)12(9)2;1-5-9(4)7-6(10-5)8(2)3;1-5-4-8-6(2)7(5)3;1-5-4-6(2)8-7(5)3;1-4-6-7(3)5(2)8-4;;;/h2*3-8H,1-2H3;1-4H3;2*4H,1-3H3;1-3H3;3*1H4/q6*+1;;;. The second-order valence-electron chi connectivity index (χ2n) is 14.3. The molecule has 0 atom stereocenters. The summed E-state index contributed by atoms with van der Waals surface area (Å²) in [6.45, 7) is 18.9. The normalized spacial score (nSPS) is 9.66. The Hall–Kier alpha value is -4.56. The van der Waals surface area contributed by atoms with Gasteiger partial charge in [0.15, 0.2) is 49.4 Å². The molecule has 0 saturated heterocycles. The first-order chi connectivity index (χ1) is 27.3. The van der Waals surface area contributed by atoms with Crippen molar-refractivity contribution in [2.45, 2.75) is 84.6 Å². The second kappa shape index (κ2) is 26.7. The Labute approximate surface area is 385 Å². The summed E-state index contributed by atoms with van der Waals surface area (Å²) < 4.78 is 12.5. The lowest BCUT2D eigenvalue weighted by Gasteiger charge is -2.01. The van der Waals surface area contributed by atoms with Crippen LogP contribution in [0.2, 0.25) is 0 Å². The van der Waals surface area contributed by atoms with Gasteiger partial charge in [-0.1, -0.05) is 78.6 Å². The van der Waals surface area contributed by atoms with Crippen LogP contribution in [-0.4, -0.2) is 24.3 Å². The van der Waals surface area contributed by atoms with Crippen molar-refractivity contribution in [3.8, 4) is 0 Å². The summed E-state index contributed by atoms with van der Waals surface area (Å²) in [7, 11) is 16.2. The number of pyridine rings is 2. The Morgan fingerprint density at radius 1 is 0.557 bits per heavy atom. The van der Waals surface area contributed by atoms with Gasteiger partial charge in [0.2, 0.25) is 16.0 Å². The Bertz CT molecular complexity index is 2360. The molecule has 6 aromatic heterocycles. The Balaban J connectivity index is 0.000000708. The monoisotopic (exact) mass is 908 g/mol. The molecule has 6 heterocycles. The van der Waals surface area contributed by atoms with E-state index in [1.165, 1.54) is 64.4 Å². The van der Waals surface area contributed by atoms with Gasteiger partial charge in [0.05, 0.1) is 10.3 Å². The highest BCUT2D eigenvalue weighted by atomic mass is 32.1. The molecule has 0 unspecified atom stereocenters. The molecular weight excluding hydrogens is 831 g/mol. The lowest BCUT2D eigenvalue weighted by Crippen LogP contribution is -2.32. The Morgan fingerprint density at radius 2 is 1.13 bits per heavy atom. The fourth-order valence-electron chi connectivity index (χ4n) is 5.41. The van der Waals surface area contributed by atoms with Crippen molar-refractivity contribution < 1.29 is 27.0 Å². The fourth-order valence-corrected chi connectivity index (χ4v) is 8.61. The number of thiazole rings is 1. The van der Waals surface area contributed by atoms with E-state index >= 15 is 0 Å². The lowest BCUT2D eigenvalue weighted by atomic mass is 10.1. The predicted octanol–water partition coefficient (Wildman–Crippen LogP) is 9.16. The van der Waals surface area contributed by atoms with Crippen LogP contribution >= 0.6 is 45.5 Å². The maximum absolute atomic E-state index is 4.27. The van der Waals surface area contributed by atoms with Crippen LogP contribution in [0.5, 0.6) is 0 Å². The number of aryl methyl sites for hydroxylation is 14. The van der Waals surface area contributed by atoms with Gasteiger partial charge in [-0.3, -0.25) is 0 Å². The molecule has 0 radical (unpaired) electrons. The molecule has 2 aromatic carbocycles. The zero-order chi connectivity index (χ0) is 43.3. The topological polar surface area (TPSA) is 52.3 Å². The van der Waals surface area contributed by atoms with Gasteiger partial charge in [-0.2, -0.15) is 9.13 Å². The second-order valence-corrected chi connectivity index (χ2v) is 19.3. The summed E-state index contributed by atoms with van der Waals surface area (Å²) in [5.41, 5.74) is 7.88. The molecule has 8 rings (SSSR count). The Kier molecular flexibility index (Phi) is 24.7. The number of hydrogen-bond donors (Lipinski definition) is 0. The zero-order valence-corrected chi connectivity index (χ0v) is 41.0. The van der Waals surface area contributed by atoms with Crippen LogP contribution in [0.1, 0.15) is 69.8 Å². The van der Waals surface area contributed by atoms with Crippen LogP contribution in [0, 0.1) is 62.3 Å². The zero-order valence-electron chi connectivity index (χ0n) is 37.7. The van der Waals surface area contributed by atoms with Gasteiger partial charge in [-0.25, -0.2) is 4.57 Å². The minimum atomic E-state index is 0. The molecule has 61 heavy (non-hydrogen) atoms. The van der Waals surface area contributed by atoms with Gasteiger partial charge in [0, 0.05) is 107 Å². The fraction of sp³-hybridized carbons (Fsp3) is 0.417. The highest BCUT2D eigenvalue weighted by Crippen LogP contribution is 2.15. The minimum absolute atomic E-state index is 0. The number of anilines is 1. The van der Waals surface area contributed by atoms with Crippen molar-refractivity contribution in [1.29, 1.82) is 0 Å². The molecule has 332 valence electrons. The molecule has 0 aliphatic heterocycles. The molecule has 0 saturated carbocycles. The van der Waals surface area contributed by atoms with E-state index in [0.29, 0.717) is 0 Å². The third-order valence-corrected chi connectivity index (χ3v) is 13.7. The minimum Gasteiger partial charge on any atom is -0.349 e. The van der Waals surface area contributed by atoms with Crippen molar-refractivity contribution in [3.63, 3.8) is 0 Å². The van der Waals surface area contributed by atoms with Crippen LogP contribution in [0.15, 0.2) is 84.4 Å². The third kappa shape index (κ3) is 17.0. The molecule has 13 heteroatoms. The van der Waals surface area contributed by atoms with Crippen LogP contribution < -0.4 is 31.9 Å². The van der Waals surface area contributed by atoms with Crippen molar-refractivity contribution in [3.05, 3.63) is 132 Å². The maximum atomic E-state index is 4.27. The molecule has 0 aliphatic carbocycles. The van der Waals surface area contributed by atoms with Crippen molar-refractivity contribution >= 4 is 72.5 Å². The summed E-state index contributed by atoms with van der Waals surface area (Å²) in [5, 5.41) is 19.2. The van der Waals surface area contributed by atoms with Gasteiger partial charge in [-0.15, -0.1) is 3.96 Å². The SMILES string of the molecule is C.C.C.Cc1cc(C)[n+](C)s1.Cc1cc[n+](C)c2ccccc12.Cc1ccc2ccccc2[n+]1C.Cc1csc(C)[n+]1C.Cc1n[n+](C)c(C)s1.Cc1sc(N(C)C)n[n+]1C. The largest absolute Gasteiger partial charge is 0.349 e. The number of benzene rings is 2. The highest BCUT2D eigenvalue weighted by molar-refractivity contribution is 7.14. The van der Waals surface area contributed by atoms with E-state index < -0.39 is 0 Å². The molecule has 0 aliphatic rings. The lowest BCUT2D eigenvalue weighted by molar-refractivity contribution is -0.731. The van der Waals surface area contributed by atoms with E-state index in [1.54, 1.807) is 45.5 Å². The van der Waals surface area contributed by atoms with E-state index in [1.807, 2.05) is 49.4 Å². The molecule has 8 aromatic rings. The van der Waals surface area contributed by atoms with Crippen LogP contribution in [0.25, 0.3) is 21.8 Å². The van der Waals surface area contributed by atoms with E-state index in [4.69, 9.17) is 0 Å². The maximum Gasteiger partial charge on any atom is 0.263 e. The van der Waals surface area contributed by atoms with E-state index in [0.717, 1.165) is 10.1 Å². The van der Waals surface area contributed by atoms with Crippen LogP contribution in [0.3, 0.4) is 0 Å². The molecule has 0 amide bonds. The first kappa shape index (κ1) is 56.4. The Morgan fingerprint density at radius 3 is 1.51 bits per heavy atom. The summed E-state index contributed by atoms with van der Waals surface area (Å²) >= 11 is 7.00. The average Bonchev–Trinajstić information content (AvgIpc) is 3.89. The molecule has 0 spiro atoms. The number of rotatable bonds is 1.